The number of piperazine rings is 1. The van der Waals surface area contributed by atoms with Crippen LogP contribution >= 0.6 is 0 Å². The molecule has 1 aromatic rings. The maximum absolute atomic E-state index is 12.0. The Morgan fingerprint density at radius 1 is 1.39 bits per heavy atom. The van der Waals surface area contributed by atoms with Crippen molar-refractivity contribution in [3.8, 4) is 0 Å². The fourth-order valence-corrected chi connectivity index (χ4v) is 3.93. The standard InChI is InChI=1S/C14H20N4O4S/c1-4-14-8-17(5-6-18(14)13(19)22-9-14)12-11(23(3,20)21)7-15-10(2)16-12/h7H,4-6,8-9H2,1-3H3. The van der Waals surface area contributed by atoms with Gasteiger partial charge >= 0.3 is 6.09 Å². The first-order chi connectivity index (χ1) is 10.8. The second-order valence-corrected chi connectivity index (χ2v) is 8.07. The second kappa shape index (κ2) is 5.33. The number of ether oxygens (including phenoxy) is 1. The van der Waals surface area contributed by atoms with Gasteiger partial charge in [0.1, 0.15) is 17.3 Å². The average molecular weight is 340 g/mol. The molecule has 0 radical (unpaired) electrons. The van der Waals surface area contributed by atoms with Crippen molar-refractivity contribution >= 4 is 21.7 Å². The van der Waals surface area contributed by atoms with Crippen molar-refractivity contribution in [3.05, 3.63) is 12.0 Å². The van der Waals surface area contributed by atoms with Gasteiger partial charge in [0.25, 0.3) is 0 Å². The zero-order chi connectivity index (χ0) is 16.8. The van der Waals surface area contributed by atoms with Crippen LogP contribution in [-0.4, -0.2) is 67.4 Å². The first-order valence-corrected chi connectivity index (χ1v) is 9.39. The van der Waals surface area contributed by atoms with Gasteiger partial charge in [-0.2, -0.15) is 0 Å². The van der Waals surface area contributed by atoms with Gasteiger partial charge in [0.05, 0.1) is 11.7 Å². The van der Waals surface area contributed by atoms with E-state index in [1.54, 1.807) is 11.8 Å². The molecule has 0 bridgehead atoms. The van der Waals surface area contributed by atoms with Gasteiger partial charge in [0.2, 0.25) is 0 Å². The molecule has 0 spiro atoms. The molecule has 8 nitrogen and oxygen atoms in total. The average Bonchev–Trinajstić information content (AvgIpc) is 2.83. The summed E-state index contributed by atoms with van der Waals surface area (Å²) in [5.74, 6) is 0.922. The van der Waals surface area contributed by atoms with E-state index >= 15 is 0 Å². The van der Waals surface area contributed by atoms with Gasteiger partial charge in [-0.15, -0.1) is 0 Å². The molecule has 0 saturated carbocycles. The van der Waals surface area contributed by atoms with Crippen molar-refractivity contribution in [2.45, 2.75) is 30.7 Å². The minimum absolute atomic E-state index is 0.119. The summed E-state index contributed by atoms with van der Waals surface area (Å²) in [5.41, 5.74) is -0.428. The first-order valence-electron chi connectivity index (χ1n) is 7.50. The van der Waals surface area contributed by atoms with Gasteiger partial charge in [-0.05, 0) is 13.3 Å². The van der Waals surface area contributed by atoms with Crippen molar-refractivity contribution in [3.63, 3.8) is 0 Å². The van der Waals surface area contributed by atoms with Crippen LogP contribution in [-0.2, 0) is 14.6 Å². The van der Waals surface area contributed by atoms with E-state index in [4.69, 9.17) is 4.74 Å². The third kappa shape index (κ3) is 2.62. The van der Waals surface area contributed by atoms with Gasteiger partial charge in [-0.1, -0.05) is 6.92 Å². The van der Waals surface area contributed by atoms with Crippen LogP contribution < -0.4 is 4.90 Å². The van der Waals surface area contributed by atoms with E-state index < -0.39 is 15.4 Å². The smallest absolute Gasteiger partial charge is 0.410 e. The molecule has 2 fully saturated rings. The second-order valence-electron chi connectivity index (χ2n) is 6.08. The number of rotatable bonds is 3. The number of hydrogen-bond acceptors (Lipinski definition) is 7. The van der Waals surface area contributed by atoms with E-state index in [0.717, 1.165) is 12.7 Å². The van der Waals surface area contributed by atoms with Gasteiger partial charge in [-0.3, -0.25) is 4.90 Å². The molecule has 1 aromatic heterocycles. The zero-order valence-electron chi connectivity index (χ0n) is 13.4. The molecular formula is C14H20N4O4S. The van der Waals surface area contributed by atoms with Crippen LogP contribution in [0.15, 0.2) is 11.1 Å². The molecule has 3 rings (SSSR count). The van der Waals surface area contributed by atoms with Crippen LogP contribution in [0.5, 0.6) is 0 Å². The van der Waals surface area contributed by atoms with E-state index in [0.29, 0.717) is 37.9 Å². The Kier molecular flexibility index (Phi) is 3.70. The highest BCUT2D eigenvalue weighted by Gasteiger charge is 2.50. The molecule has 2 saturated heterocycles. The quantitative estimate of drug-likeness (QED) is 0.796. The Bertz CT molecular complexity index is 751. The minimum atomic E-state index is -3.44. The summed E-state index contributed by atoms with van der Waals surface area (Å²) in [5, 5.41) is 0. The molecule has 3 heterocycles. The maximum atomic E-state index is 12.0. The van der Waals surface area contributed by atoms with E-state index in [1.807, 2.05) is 11.8 Å². The number of carbonyl (C=O) groups excluding carboxylic acids is 1. The molecule has 1 atom stereocenters. The summed E-state index contributed by atoms with van der Waals surface area (Å²) in [4.78, 5) is 24.0. The molecule has 0 aromatic carbocycles. The van der Waals surface area contributed by atoms with Crippen LogP contribution in [0.4, 0.5) is 10.6 Å². The lowest BCUT2D eigenvalue weighted by atomic mass is 9.93. The van der Waals surface area contributed by atoms with Crippen LogP contribution in [0.25, 0.3) is 0 Å². The number of hydrogen-bond donors (Lipinski definition) is 0. The third-order valence-corrected chi connectivity index (χ3v) is 5.64. The van der Waals surface area contributed by atoms with E-state index in [-0.39, 0.29) is 11.0 Å². The molecule has 9 heteroatoms. The molecule has 0 aliphatic carbocycles. The number of fused-ring (bicyclic) bond motifs is 1. The fraction of sp³-hybridized carbons (Fsp3) is 0.643. The summed E-state index contributed by atoms with van der Waals surface area (Å²) < 4.78 is 29.3. The Hall–Kier alpha value is -1.90. The Morgan fingerprint density at radius 2 is 2.13 bits per heavy atom. The normalized spacial score (nSPS) is 24.6. The molecule has 126 valence electrons. The van der Waals surface area contributed by atoms with E-state index in [9.17, 15) is 13.2 Å². The van der Waals surface area contributed by atoms with Gasteiger partial charge in [0.15, 0.2) is 15.7 Å². The highest BCUT2D eigenvalue weighted by Crippen LogP contribution is 2.34. The summed E-state index contributed by atoms with van der Waals surface area (Å²) in [7, 11) is -3.44. The number of anilines is 1. The van der Waals surface area contributed by atoms with E-state index in [1.165, 1.54) is 6.20 Å². The van der Waals surface area contributed by atoms with Crippen LogP contribution in [0.2, 0.25) is 0 Å². The Morgan fingerprint density at radius 3 is 2.78 bits per heavy atom. The highest BCUT2D eigenvalue weighted by atomic mass is 32.2. The van der Waals surface area contributed by atoms with Crippen molar-refractivity contribution in [1.29, 1.82) is 0 Å². The number of aryl methyl sites for hydroxylation is 1. The largest absolute Gasteiger partial charge is 0.447 e. The van der Waals surface area contributed by atoms with Crippen LogP contribution in [0.3, 0.4) is 0 Å². The maximum Gasteiger partial charge on any atom is 0.410 e. The van der Waals surface area contributed by atoms with Crippen molar-refractivity contribution in [1.82, 2.24) is 14.9 Å². The van der Waals surface area contributed by atoms with Crippen LogP contribution in [0.1, 0.15) is 19.2 Å². The fourth-order valence-electron chi connectivity index (χ4n) is 3.18. The molecular weight excluding hydrogens is 320 g/mol. The molecule has 1 unspecified atom stereocenters. The predicted octanol–water partition coefficient (Wildman–Crippen LogP) is 0.610. The topological polar surface area (TPSA) is 92.7 Å². The monoisotopic (exact) mass is 340 g/mol. The lowest BCUT2D eigenvalue weighted by Gasteiger charge is -2.44. The lowest BCUT2D eigenvalue weighted by Crippen LogP contribution is -2.61. The van der Waals surface area contributed by atoms with Crippen molar-refractivity contribution < 1.29 is 17.9 Å². The Balaban J connectivity index is 2.01. The summed E-state index contributed by atoms with van der Waals surface area (Å²) in [6, 6.07) is 0. The SMILES string of the molecule is CCC12COC(=O)N1CCN(c1nc(C)ncc1S(C)(=O)=O)C2. The van der Waals surface area contributed by atoms with Crippen molar-refractivity contribution in [2.24, 2.45) is 0 Å². The number of nitrogens with zero attached hydrogens (tertiary/aromatic N) is 4. The van der Waals surface area contributed by atoms with Gasteiger partial charge < -0.3 is 9.64 Å². The summed E-state index contributed by atoms with van der Waals surface area (Å²) in [6.07, 6.45) is 2.94. The molecule has 2 aliphatic rings. The molecule has 23 heavy (non-hydrogen) atoms. The predicted molar refractivity (Wildman–Crippen MR) is 83.2 cm³/mol. The number of carbonyl (C=O) groups is 1. The minimum Gasteiger partial charge on any atom is -0.447 e. The van der Waals surface area contributed by atoms with Gasteiger partial charge in [0, 0.05) is 25.9 Å². The summed E-state index contributed by atoms with van der Waals surface area (Å²) >= 11 is 0. The first kappa shape index (κ1) is 16.0. The zero-order valence-corrected chi connectivity index (χ0v) is 14.3. The van der Waals surface area contributed by atoms with E-state index in [2.05, 4.69) is 9.97 Å². The van der Waals surface area contributed by atoms with Crippen LogP contribution in [0, 0.1) is 6.92 Å². The Labute approximate surface area is 135 Å². The molecule has 1 amide bonds. The number of cyclic esters (lactones) is 1. The van der Waals surface area contributed by atoms with Gasteiger partial charge in [-0.25, -0.2) is 23.2 Å². The number of aromatic nitrogens is 2. The number of amides is 1. The van der Waals surface area contributed by atoms with Crippen molar-refractivity contribution in [2.75, 3.05) is 37.4 Å². The summed E-state index contributed by atoms with van der Waals surface area (Å²) in [6.45, 7) is 5.53. The third-order valence-electron chi connectivity index (χ3n) is 4.55. The highest BCUT2D eigenvalue weighted by molar-refractivity contribution is 7.90. The molecule has 2 aliphatic heterocycles. The molecule has 0 N–H and O–H groups in total. The lowest BCUT2D eigenvalue weighted by molar-refractivity contribution is 0.137. The number of sulfone groups is 1.